The zero-order valence-electron chi connectivity index (χ0n) is 13.2. The van der Waals surface area contributed by atoms with Crippen molar-refractivity contribution in [3.8, 4) is 5.75 Å². The number of benzene rings is 1. The number of amides is 2. The van der Waals surface area contributed by atoms with E-state index in [4.69, 9.17) is 22.1 Å². The summed E-state index contributed by atoms with van der Waals surface area (Å²) in [7, 11) is 0. The molecule has 0 aliphatic carbocycles. The molecule has 0 unspecified atom stereocenters. The molecular formula is C18H19ClN2O3. The minimum atomic E-state index is -0.278. The van der Waals surface area contributed by atoms with E-state index in [0.717, 1.165) is 16.9 Å². The van der Waals surface area contributed by atoms with Crippen molar-refractivity contribution in [1.29, 1.82) is 0 Å². The molecule has 2 heterocycles. The van der Waals surface area contributed by atoms with Crippen LogP contribution in [0.3, 0.4) is 0 Å². The van der Waals surface area contributed by atoms with Crippen molar-refractivity contribution < 1.29 is 14.3 Å². The van der Waals surface area contributed by atoms with E-state index in [1.54, 1.807) is 23.1 Å². The molecule has 0 bridgehead atoms. The van der Waals surface area contributed by atoms with Gasteiger partial charge in [-0.15, -0.1) is 0 Å². The second-order valence-corrected chi connectivity index (χ2v) is 6.46. The van der Waals surface area contributed by atoms with Crippen LogP contribution in [0.5, 0.6) is 5.75 Å². The first kappa shape index (κ1) is 16.6. The molecule has 2 aliphatic rings. The number of carbonyl (C=O) groups excluding carboxylic acids is 2. The van der Waals surface area contributed by atoms with Crippen molar-refractivity contribution in [2.24, 2.45) is 11.7 Å². The Morgan fingerprint density at radius 2 is 2.04 bits per heavy atom. The summed E-state index contributed by atoms with van der Waals surface area (Å²) in [5, 5.41) is 0.646. The minimum absolute atomic E-state index is 0.0595. The third-order valence-electron chi connectivity index (χ3n) is 4.36. The molecule has 24 heavy (non-hydrogen) atoms. The third kappa shape index (κ3) is 3.79. The van der Waals surface area contributed by atoms with Crippen molar-refractivity contribution in [2.45, 2.75) is 12.8 Å². The summed E-state index contributed by atoms with van der Waals surface area (Å²) in [6, 6.07) is 5.46. The van der Waals surface area contributed by atoms with Gasteiger partial charge in [-0.2, -0.15) is 0 Å². The molecule has 6 heteroatoms. The minimum Gasteiger partial charge on any atom is -0.488 e. The highest BCUT2D eigenvalue weighted by Crippen LogP contribution is 2.29. The summed E-state index contributed by atoms with van der Waals surface area (Å²) in [5.74, 6) is 0.334. The van der Waals surface area contributed by atoms with Crippen LogP contribution >= 0.6 is 11.6 Å². The van der Waals surface area contributed by atoms with E-state index in [9.17, 15) is 9.59 Å². The summed E-state index contributed by atoms with van der Waals surface area (Å²) in [6.07, 6.45) is 6.55. The highest BCUT2D eigenvalue weighted by molar-refractivity contribution is 6.30. The Balaban J connectivity index is 1.62. The van der Waals surface area contributed by atoms with Gasteiger partial charge in [0.15, 0.2) is 0 Å². The number of likely N-dealkylation sites (tertiary alicyclic amines) is 1. The zero-order chi connectivity index (χ0) is 17.1. The maximum Gasteiger partial charge on any atom is 0.246 e. The average Bonchev–Trinajstić information content (AvgIpc) is 2.59. The fraction of sp³-hybridized carbons (Fsp3) is 0.333. The summed E-state index contributed by atoms with van der Waals surface area (Å²) < 4.78 is 5.65. The molecule has 2 N–H and O–H groups in total. The van der Waals surface area contributed by atoms with E-state index in [2.05, 4.69) is 0 Å². The second-order valence-electron chi connectivity index (χ2n) is 6.03. The molecule has 126 valence electrons. The van der Waals surface area contributed by atoms with Crippen LogP contribution in [0.4, 0.5) is 0 Å². The molecule has 3 rings (SSSR count). The number of piperidine rings is 1. The van der Waals surface area contributed by atoms with Gasteiger partial charge in [-0.1, -0.05) is 17.7 Å². The number of hydrogen-bond donors (Lipinski definition) is 1. The van der Waals surface area contributed by atoms with E-state index in [1.165, 1.54) is 0 Å². The molecule has 0 atom stereocenters. The van der Waals surface area contributed by atoms with Gasteiger partial charge in [0.25, 0.3) is 0 Å². The maximum absolute atomic E-state index is 12.3. The number of halogens is 1. The predicted molar refractivity (Wildman–Crippen MR) is 92.6 cm³/mol. The molecular weight excluding hydrogens is 328 g/mol. The number of primary amides is 1. The Morgan fingerprint density at radius 1 is 1.29 bits per heavy atom. The fourth-order valence-corrected chi connectivity index (χ4v) is 3.11. The standard InChI is InChI=1S/C18H19ClN2O3/c19-15-2-3-16-14(10-15)9-12(11-24-16)1-4-17(22)21-7-5-13(6-8-21)18(20)23/h1-4,9-10,13H,5-8,11H2,(H2,20,23)/b4-1+. The number of hydrogen-bond acceptors (Lipinski definition) is 3. The third-order valence-corrected chi connectivity index (χ3v) is 4.59. The first-order valence-corrected chi connectivity index (χ1v) is 8.30. The molecule has 0 saturated carbocycles. The average molecular weight is 347 g/mol. The van der Waals surface area contributed by atoms with Crippen LogP contribution in [0.1, 0.15) is 18.4 Å². The largest absolute Gasteiger partial charge is 0.488 e. The van der Waals surface area contributed by atoms with Crippen molar-refractivity contribution in [3.63, 3.8) is 0 Å². The molecule has 5 nitrogen and oxygen atoms in total. The van der Waals surface area contributed by atoms with Crippen LogP contribution in [0.15, 0.2) is 35.9 Å². The normalized spacial score (nSPS) is 18.0. The van der Waals surface area contributed by atoms with Crippen molar-refractivity contribution in [2.75, 3.05) is 19.7 Å². The number of carbonyl (C=O) groups is 2. The fourth-order valence-electron chi connectivity index (χ4n) is 2.93. The molecule has 2 amide bonds. The van der Waals surface area contributed by atoms with Crippen LogP contribution < -0.4 is 10.5 Å². The summed E-state index contributed by atoms with van der Waals surface area (Å²) >= 11 is 5.99. The molecule has 1 fully saturated rings. The van der Waals surface area contributed by atoms with Gasteiger partial charge >= 0.3 is 0 Å². The lowest BCUT2D eigenvalue weighted by Gasteiger charge is -2.29. The van der Waals surface area contributed by atoms with Crippen LogP contribution in [-0.4, -0.2) is 36.4 Å². The Morgan fingerprint density at radius 3 is 2.75 bits per heavy atom. The van der Waals surface area contributed by atoms with E-state index >= 15 is 0 Å². The zero-order valence-corrected chi connectivity index (χ0v) is 14.0. The van der Waals surface area contributed by atoms with Crippen LogP contribution in [-0.2, 0) is 9.59 Å². The summed E-state index contributed by atoms with van der Waals surface area (Å²) in [6.45, 7) is 1.54. The lowest BCUT2D eigenvalue weighted by molar-refractivity contribution is -0.130. The molecule has 1 saturated heterocycles. The van der Waals surface area contributed by atoms with Gasteiger partial charge in [-0.05, 0) is 42.7 Å². The smallest absolute Gasteiger partial charge is 0.246 e. The predicted octanol–water partition coefficient (Wildman–Crippen LogP) is 2.40. The Bertz CT molecular complexity index is 719. The topological polar surface area (TPSA) is 72.6 Å². The summed E-state index contributed by atoms with van der Waals surface area (Å²) in [4.78, 5) is 25.2. The molecule has 0 radical (unpaired) electrons. The van der Waals surface area contributed by atoms with E-state index < -0.39 is 0 Å². The first-order valence-electron chi connectivity index (χ1n) is 7.92. The lowest BCUT2D eigenvalue weighted by Crippen LogP contribution is -2.41. The number of ether oxygens (including phenoxy) is 1. The first-order chi connectivity index (χ1) is 11.5. The molecule has 1 aromatic carbocycles. The summed E-state index contributed by atoms with van der Waals surface area (Å²) in [5.41, 5.74) is 7.12. The SMILES string of the molecule is NC(=O)C1CCN(C(=O)/C=C/C2=Cc3cc(Cl)ccc3OC2)CC1. The van der Waals surface area contributed by atoms with Gasteiger partial charge in [0.2, 0.25) is 11.8 Å². The maximum atomic E-state index is 12.3. The highest BCUT2D eigenvalue weighted by atomic mass is 35.5. The Kier molecular flexibility index (Phi) is 4.90. The Labute approximate surface area is 145 Å². The Hall–Kier alpha value is -2.27. The van der Waals surface area contributed by atoms with E-state index in [1.807, 2.05) is 18.2 Å². The molecule has 1 aromatic rings. The second kappa shape index (κ2) is 7.09. The van der Waals surface area contributed by atoms with Gasteiger partial charge in [-0.3, -0.25) is 9.59 Å². The lowest BCUT2D eigenvalue weighted by atomic mass is 9.96. The van der Waals surface area contributed by atoms with E-state index in [-0.39, 0.29) is 17.7 Å². The number of nitrogens with zero attached hydrogens (tertiary/aromatic N) is 1. The van der Waals surface area contributed by atoms with Gasteiger partial charge in [0.05, 0.1) is 0 Å². The highest BCUT2D eigenvalue weighted by Gasteiger charge is 2.24. The monoisotopic (exact) mass is 346 g/mol. The van der Waals surface area contributed by atoms with Gasteiger partial charge in [0, 0.05) is 35.7 Å². The van der Waals surface area contributed by atoms with Crippen molar-refractivity contribution >= 4 is 29.5 Å². The van der Waals surface area contributed by atoms with Crippen LogP contribution in [0.2, 0.25) is 5.02 Å². The quantitative estimate of drug-likeness (QED) is 0.854. The van der Waals surface area contributed by atoms with E-state index in [0.29, 0.717) is 37.6 Å². The molecule has 2 aliphatic heterocycles. The van der Waals surface area contributed by atoms with Gasteiger partial charge in [-0.25, -0.2) is 0 Å². The van der Waals surface area contributed by atoms with Gasteiger partial charge < -0.3 is 15.4 Å². The van der Waals surface area contributed by atoms with Crippen LogP contribution in [0.25, 0.3) is 6.08 Å². The molecule has 0 aromatic heterocycles. The number of nitrogens with two attached hydrogens (primary N) is 1. The van der Waals surface area contributed by atoms with Gasteiger partial charge in [0.1, 0.15) is 12.4 Å². The van der Waals surface area contributed by atoms with Crippen LogP contribution in [0, 0.1) is 5.92 Å². The number of rotatable bonds is 3. The molecule has 0 spiro atoms. The van der Waals surface area contributed by atoms with Crippen molar-refractivity contribution in [1.82, 2.24) is 4.90 Å². The number of fused-ring (bicyclic) bond motifs is 1. The van der Waals surface area contributed by atoms with Crippen molar-refractivity contribution in [3.05, 3.63) is 46.5 Å².